The smallest absolute Gasteiger partial charge is 0.277 e. The molecule has 1 aliphatic carbocycles. The van der Waals surface area contributed by atoms with Gasteiger partial charge in [-0.05, 0) is 51.0 Å². The van der Waals surface area contributed by atoms with E-state index in [2.05, 4.69) is 15.5 Å². The Morgan fingerprint density at radius 1 is 1.15 bits per heavy atom. The zero-order chi connectivity index (χ0) is 18.5. The molecule has 7 heteroatoms. The zero-order valence-corrected chi connectivity index (χ0v) is 15.8. The first-order valence-electron chi connectivity index (χ1n) is 8.95. The van der Waals surface area contributed by atoms with E-state index in [0.29, 0.717) is 28.3 Å². The van der Waals surface area contributed by atoms with E-state index in [1.54, 1.807) is 31.2 Å². The van der Waals surface area contributed by atoms with Crippen LogP contribution in [0.25, 0.3) is 0 Å². The fraction of sp³-hybridized carbons (Fsp3) is 0.474. The van der Waals surface area contributed by atoms with Gasteiger partial charge in [0.25, 0.3) is 5.22 Å². The predicted molar refractivity (Wildman–Crippen MR) is 101 cm³/mol. The molecule has 26 heavy (non-hydrogen) atoms. The maximum atomic E-state index is 12.4. The summed E-state index contributed by atoms with van der Waals surface area (Å²) in [4.78, 5) is 23.6. The Balaban J connectivity index is 1.55. The molecule has 3 rings (SSSR count). The van der Waals surface area contributed by atoms with Crippen molar-refractivity contribution in [2.24, 2.45) is 0 Å². The lowest BCUT2D eigenvalue weighted by atomic mass is 9.89. The molecular formula is C19H23N3O3S. The van der Waals surface area contributed by atoms with E-state index in [1.807, 2.05) is 0 Å². The highest BCUT2D eigenvalue weighted by atomic mass is 32.2. The van der Waals surface area contributed by atoms with Gasteiger partial charge in [-0.3, -0.25) is 9.59 Å². The van der Waals surface area contributed by atoms with E-state index in [0.717, 1.165) is 12.8 Å². The highest BCUT2D eigenvalue weighted by Gasteiger charge is 2.23. The molecule has 1 aliphatic rings. The number of thioether (sulfide) groups is 1. The number of hydrogen-bond acceptors (Lipinski definition) is 6. The Morgan fingerprint density at radius 3 is 2.50 bits per heavy atom. The second-order valence-electron chi connectivity index (χ2n) is 6.62. The fourth-order valence-electron chi connectivity index (χ4n) is 3.02. The third-order valence-electron chi connectivity index (χ3n) is 4.58. The van der Waals surface area contributed by atoms with Crippen LogP contribution < -0.4 is 5.32 Å². The first-order valence-corrected chi connectivity index (χ1v) is 9.83. The summed E-state index contributed by atoms with van der Waals surface area (Å²) in [6, 6.07) is 6.84. The lowest BCUT2D eigenvalue weighted by molar-refractivity contribution is -0.115. The Bertz CT molecular complexity index is 767. The van der Waals surface area contributed by atoms with Crippen LogP contribution in [0.5, 0.6) is 0 Å². The summed E-state index contributed by atoms with van der Waals surface area (Å²) < 4.78 is 5.76. The molecule has 0 aliphatic heterocycles. The molecule has 138 valence electrons. The largest absolute Gasteiger partial charge is 0.416 e. The molecular weight excluding hydrogens is 350 g/mol. The Morgan fingerprint density at radius 2 is 1.85 bits per heavy atom. The van der Waals surface area contributed by atoms with Gasteiger partial charge in [-0.2, -0.15) is 0 Å². The Labute approximate surface area is 157 Å². The van der Waals surface area contributed by atoms with E-state index in [-0.39, 0.29) is 16.9 Å². The number of ketones is 1. The summed E-state index contributed by atoms with van der Waals surface area (Å²) in [5.41, 5.74) is 1.27. The zero-order valence-electron chi connectivity index (χ0n) is 15.0. The van der Waals surface area contributed by atoms with Gasteiger partial charge in [-0.1, -0.05) is 31.0 Å². The number of rotatable bonds is 6. The van der Waals surface area contributed by atoms with Crippen molar-refractivity contribution in [3.8, 4) is 0 Å². The third kappa shape index (κ3) is 4.72. The molecule has 1 heterocycles. The summed E-state index contributed by atoms with van der Waals surface area (Å²) in [6.45, 7) is 3.31. The quantitative estimate of drug-likeness (QED) is 0.595. The standard InChI is InChI=1S/C19H23N3O3S/c1-12(23)14-8-10-16(11-9-14)20-17(24)13(2)26-19-22-21-18(25-19)15-6-4-3-5-7-15/h8-11,13,15H,3-7H2,1-2H3,(H,20,24)/t13-/m1/s1. The van der Waals surface area contributed by atoms with Crippen molar-refractivity contribution in [2.45, 2.75) is 62.3 Å². The molecule has 1 fully saturated rings. The molecule has 0 bridgehead atoms. The van der Waals surface area contributed by atoms with Gasteiger partial charge in [-0.25, -0.2) is 0 Å². The summed E-state index contributed by atoms with van der Waals surface area (Å²) in [5, 5.41) is 11.1. The molecule has 1 aromatic carbocycles. The molecule has 0 spiro atoms. The van der Waals surface area contributed by atoms with Crippen LogP contribution in [0, 0.1) is 0 Å². The Hall–Kier alpha value is -2.15. The van der Waals surface area contributed by atoms with Crippen LogP contribution in [0.4, 0.5) is 5.69 Å². The lowest BCUT2D eigenvalue weighted by Gasteiger charge is -2.17. The minimum Gasteiger partial charge on any atom is -0.416 e. The molecule has 0 unspecified atom stereocenters. The molecule has 0 radical (unpaired) electrons. The van der Waals surface area contributed by atoms with Crippen LogP contribution in [-0.4, -0.2) is 27.1 Å². The molecule has 1 saturated carbocycles. The van der Waals surface area contributed by atoms with Crippen molar-refractivity contribution in [3.63, 3.8) is 0 Å². The Kier molecular flexibility index (Phi) is 6.08. The monoisotopic (exact) mass is 373 g/mol. The van der Waals surface area contributed by atoms with Gasteiger partial charge >= 0.3 is 0 Å². The molecule has 6 nitrogen and oxygen atoms in total. The number of amides is 1. The normalized spacial score (nSPS) is 16.2. The maximum Gasteiger partial charge on any atom is 0.277 e. The van der Waals surface area contributed by atoms with Crippen molar-refractivity contribution >= 4 is 29.1 Å². The number of benzene rings is 1. The van der Waals surface area contributed by atoms with E-state index >= 15 is 0 Å². The molecule has 0 saturated heterocycles. The van der Waals surface area contributed by atoms with Crippen LogP contribution in [0.1, 0.15) is 68.1 Å². The lowest BCUT2D eigenvalue weighted by Crippen LogP contribution is -2.22. The van der Waals surface area contributed by atoms with Crippen LogP contribution in [-0.2, 0) is 4.79 Å². The average Bonchev–Trinajstić information content (AvgIpc) is 3.11. The van der Waals surface area contributed by atoms with E-state index < -0.39 is 0 Å². The first-order chi connectivity index (χ1) is 12.5. The van der Waals surface area contributed by atoms with Crippen molar-refractivity contribution in [1.82, 2.24) is 10.2 Å². The fourth-order valence-corrected chi connectivity index (χ4v) is 3.71. The van der Waals surface area contributed by atoms with Gasteiger partial charge < -0.3 is 9.73 Å². The van der Waals surface area contributed by atoms with Crippen LogP contribution in [0.2, 0.25) is 0 Å². The predicted octanol–water partition coefficient (Wildman–Crippen LogP) is 4.44. The molecule has 2 aromatic rings. The number of carbonyl (C=O) groups is 2. The number of nitrogens with zero attached hydrogens (tertiary/aromatic N) is 2. The van der Waals surface area contributed by atoms with Gasteiger partial charge in [0.05, 0.1) is 5.25 Å². The number of Topliss-reactive ketones (excluding diaryl/α,β-unsaturated/α-hetero) is 1. The van der Waals surface area contributed by atoms with Crippen LogP contribution >= 0.6 is 11.8 Å². The van der Waals surface area contributed by atoms with Crippen molar-refractivity contribution in [2.75, 3.05) is 5.32 Å². The average molecular weight is 373 g/mol. The first kappa shape index (κ1) is 18.6. The number of nitrogens with one attached hydrogen (secondary N) is 1. The number of anilines is 1. The topological polar surface area (TPSA) is 85.1 Å². The summed E-state index contributed by atoms with van der Waals surface area (Å²) in [5.74, 6) is 0.897. The van der Waals surface area contributed by atoms with Crippen molar-refractivity contribution in [1.29, 1.82) is 0 Å². The minimum absolute atomic E-state index is 0.00281. The van der Waals surface area contributed by atoms with Gasteiger partial charge in [-0.15, -0.1) is 10.2 Å². The minimum atomic E-state index is -0.373. The summed E-state index contributed by atoms with van der Waals surface area (Å²) in [7, 11) is 0. The highest BCUT2D eigenvalue weighted by Crippen LogP contribution is 2.33. The number of carbonyl (C=O) groups excluding carboxylic acids is 2. The van der Waals surface area contributed by atoms with Gasteiger partial charge in [0, 0.05) is 17.2 Å². The second kappa shape index (κ2) is 8.49. The molecule has 1 amide bonds. The third-order valence-corrected chi connectivity index (χ3v) is 5.52. The maximum absolute atomic E-state index is 12.4. The van der Waals surface area contributed by atoms with E-state index in [9.17, 15) is 9.59 Å². The van der Waals surface area contributed by atoms with Crippen LogP contribution in [0.3, 0.4) is 0 Å². The van der Waals surface area contributed by atoms with Gasteiger partial charge in [0.15, 0.2) is 5.78 Å². The summed E-state index contributed by atoms with van der Waals surface area (Å²) in [6.07, 6.45) is 5.88. The van der Waals surface area contributed by atoms with E-state index in [1.165, 1.54) is 37.9 Å². The molecule has 1 N–H and O–H groups in total. The van der Waals surface area contributed by atoms with Crippen molar-refractivity contribution < 1.29 is 14.0 Å². The SMILES string of the molecule is CC(=O)c1ccc(NC(=O)[C@@H](C)Sc2nnc(C3CCCCC3)o2)cc1. The molecule has 1 atom stereocenters. The highest BCUT2D eigenvalue weighted by molar-refractivity contribution is 8.00. The summed E-state index contributed by atoms with van der Waals surface area (Å²) >= 11 is 1.26. The number of aromatic nitrogens is 2. The second-order valence-corrected chi connectivity index (χ2v) is 7.92. The van der Waals surface area contributed by atoms with E-state index in [4.69, 9.17) is 4.42 Å². The van der Waals surface area contributed by atoms with Gasteiger partial charge in [0.1, 0.15) is 0 Å². The van der Waals surface area contributed by atoms with Gasteiger partial charge in [0.2, 0.25) is 11.8 Å². The molecule has 1 aromatic heterocycles. The van der Waals surface area contributed by atoms with Crippen molar-refractivity contribution in [3.05, 3.63) is 35.7 Å². The number of hydrogen-bond donors (Lipinski definition) is 1. The van der Waals surface area contributed by atoms with Crippen LogP contribution in [0.15, 0.2) is 33.9 Å².